The lowest BCUT2D eigenvalue weighted by molar-refractivity contribution is 0.147. The van der Waals surface area contributed by atoms with Gasteiger partial charge in [-0.05, 0) is 38.5 Å². The molecule has 2 N–H and O–H groups in total. The Morgan fingerprint density at radius 1 is 1.27 bits per heavy atom. The Labute approximate surface area is 90.1 Å². The highest BCUT2D eigenvalue weighted by Crippen LogP contribution is 2.14. The van der Waals surface area contributed by atoms with Gasteiger partial charge in [0.1, 0.15) is 5.82 Å². The number of aliphatic hydroxyl groups excluding tert-OH is 1. The third-order valence-electron chi connectivity index (χ3n) is 2.59. The first kappa shape index (κ1) is 12.1. The molecule has 0 aliphatic rings. The predicted octanol–water partition coefficient (Wildman–Crippen LogP) is 2.25. The van der Waals surface area contributed by atoms with Crippen LogP contribution in [0.25, 0.3) is 0 Å². The van der Waals surface area contributed by atoms with Crippen LogP contribution in [-0.2, 0) is 0 Å². The van der Waals surface area contributed by atoms with Crippen molar-refractivity contribution in [2.75, 3.05) is 0 Å². The summed E-state index contributed by atoms with van der Waals surface area (Å²) in [4.78, 5) is 0. The highest BCUT2D eigenvalue weighted by Gasteiger charge is 2.13. The van der Waals surface area contributed by atoms with Gasteiger partial charge in [0, 0.05) is 12.1 Å². The maximum absolute atomic E-state index is 12.9. The fourth-order valence-electron chi connectivity index (χ4n) is 1.41. The topological polar surface area (TPSA) is 32.3 Å². The van der Waals surface area contributed by atoms with E-state index in [9.17, 15) is 9.50 Å². The van der Waals surface area contributed by atoms with Crippen LogP contribution in [0.5, 0.6) is 0 Å². The Morgan fingerprint density at radius 2 is 1.93 bits per heavy atom. The van der Waals surface area contributed by atoms with Crippen LogP contribution in [0.4, 0.5) is 4.39 Å². The summed E-state index contributed by atoms with van der Waals surface area (Å²) in [6, 6.07) is 6.51. The first-order chi connectivity index (χ1) is 7.00. The molecule has 0 spiro atoms. The smallest absolute Gasteiger partial charge is 0.123 e. The maximum Gasteiger partial charge on any atom is 0.123 e. The van der Waals surface area contributed by atoms with Crippen LogP contribution in [0.15, 0.2) is 24.3 Å². The van der Waals surface area contributed by atoms with E-state index in [0.717, 1.165) is 5.56 Å². The minimum atomic E-state index is -0.416. The Hall–Kier alpha value is -0.930. The van der Waals surface area contributed by atoms with Gasteiger partial charge in [-0.15, -0.1) is 0 Å². The van der Waals surface area contributed by atoms with Crippen LogP contribution in [0.2, 0.25) is 0 Å². The molecule has 15 heavy (non-hydrogen) atoms. The molecule has 3 atom stereocenters. The average Bonchev–Trinajstić information content (AvgIpc) is 2.17. The molecule has 1 aromatic carbocycles. The molecule has 84 valence electrons. The summed E-state index contributed by atoms with van der Waals surface area (Å²) in [7, 11) is 0. The van der Waals surface area contributed by atoms with Gasteiger partial charge in [-0.1, -0.05) is 12.1 Å². The van der Waals surface area contributed by atoms with Crippen LogP contribution < -0.4 is 5.32 Å². The Bertz CT molecular complexity index is 314. The monoisotopic (exact) mass is 211 g/mol. The van der Waals surface area contributed by atoms with Crippen molar-refractivity contribution in [3.05, 3.63) is 35.6 Å². The molecule has 2 unspecified atom stereocenters. The third kappa shape index (κ3) is 3.61. The van der Waals surface area contributed by atoms with Gasteiger partial charge in [0.2, 0.25) is 0 Å². The Balaban J connectivity index is 2.64. The van der Waals surface area contributed by atoms with Crippen molar-refractivity contribution in [3.63, 3.8) is 0 Å². The first-order valence-electron chi connectivity index (χ1n) is 5.20. The molecular weight excluding hydrogens is 193 g/mol. The standard InChI is InChI=1S/C12H18FNO/c1-8(10(3)15)14-9(2)11-5-4-6-12(13)7-11/h4-10,14-15H,1-3H3/t8?,9-,10?/m0/s1. The van der Waals surface area contributed by atoms with Gasteiger partial charge in [-0.3, -0.25) is 0 Å². The quantitative estimate of drug-likeness (QED) is 0.800. The SMILES string of the molecule is CC(O)C(C)N[C@@H](C)c1cccc(F)c1. The second-order valence-electron chi connectivity index (χ2n) is 3.97. The fraction of sp³-hybridized carbons (Fsp3) is 0.500. The van der Waals surface area contributed by atoms with Crippen molar-refractivity contribution in [2.45, 2.75) is 39.0 Å². The number of rotatable bonds is 4. The number of halogens is 1. The summed E-state index contributed by atoms with van der Waals surface area (Å²) in [6.07, 6.45) is -0.416. The summed E-state index contributed by atoms with van der Waals surface area (Å²) < 4.78 is 12.9. The Kier molecular flexibility index (Phi) is 4.24. The fourth-order valence-corrected chi connectivity index (χ4v) is 1.41. The summed E-state index contributed by atoms with van der Waals surface area (Å²) in [5.74, 6) is -0.231. The van der Waals surface area contributed by atoms with Gasteiger partial charge in [0.25, 0.3) is 0 Å². The molecule has 3 heteroatoms. The molecule has 0 amide bonds. The zero-order chi connectivity index (χ0) is 11.4. The minimum absolute atomic E-state index is 0.0109. The molecule has 2 nitrogen and oxygen atoms in total. The second-order valence-corrected chi connectivity index (χ2v) is 3.97. The molecule has 0 saturated heterocycles. The van der Waals surface area contributed by atoms with Crippen molar-refractivity contribution in [3.8, 4) is 0 Å². The first-order valence-corrected chi connectivity index (χ1v) is 5.20. The van der Waals surface area contributed by atoms with Crippen LogP contribution in [0, 0.1) is 5.82 Å². The third-order valence-corrected chi connectivity index (χ3v) is 2.59. The molecule has 0 aliphatic carbocycles. The molecule has 0 aromatic heterocycles. The van der Waals surface area contributed by atoms with Gasteiger partial charge in [-0.25, -0.2) is 4.39 Å². The van der Waals surface area contributed by atoms with E-state index in [2.05, 4.69) is 5.32 Å². The van der Waals surface area contributed by atoms with E-state index >= 15 is 0 Å². The number of nitrogens with one attached hydrogen (secondary N) is 1. The number of aliphatic hydroxyl groups is 1. The van der Waals surface area contributed by atoms with E-state index in [1.807, 2.05) is 19.9 Å². The van der Waals surface area contributed by atoms with E-state index in [0.29, 0.717) is 0 Å². The highest BCUT2D eigenvalue weighted by molar-refractivity contribution is 5.19. The molecule has 1 rings (SSSR count). The normalized spacial score (nSPS) is 17.1. The number of hydrogen-bond acceptors (Lipinski definition) is 2. The van der Waals surface area contributed by atoms with Crippen molar-refractivity contribution in [2.24, 2.45) is 0 Å². The zero-order valence-electron chi connectivity index (χ0n) is 9.37. The summed E-state index contributed by atoms with van der Waals surface area (Å²) in [5.41, 5.74) is 0.891. The zero-order valence-corrected chi connectivity index (χ0v) is 9.37. The van der Waals surface area contributed by atoms with Gasteiger partial charge in [-0.2, -0.15) is 0 Å². The van der Waals surface area contributed by atoms with Crippen molar-refractivity contribution >= 4 is 0 Å². The molecular formula is C12H18FNO. The summed E-state index contributed by atoms with van der Waals surface area (Å²) in [6.45, 7) is 5.59. The van der Waals surface area contributed by atoms with E-state index in [-0.39, 0.29) is 17.9 Å². The lowest BCUT2D eigenvalue weighted by atomic mass is 10.1. The van der Waals surface area contributed by atoms with Gasteiger partial charge >= 0.3 is 0 Å². The van der Waals surface area contributed by atoms with E-state index < -0.39 is 6.10 Å². The van der Waals surface area contributed by atoms with E-state index in [1.54, 1.807) is 13.0 Å². The van der Waals surface area contributed by atoms with Crippen LogP contribution in [0.3, 0.4) is 0 Å². The van der Waals surface area contributed by atoms with Gasteiger partial charge < -0.3 is 10.4 Å². The largest absolute Gasteiger partial charge is 0.392 e. The Morgan fingerprint density at radius 3 is 2.47 bits per heavy atom. The molecule has 0 saturated carbocycles. The molecule has 0 fully saturated rings. The average molecular weight is 211 g/mol. The van der Waals surface area contributed by atoms with E-state index in [1.165, 1.54) is 12.1 Å². The van der Waals surface area contributed by atoms with Crippen molar-refractivity contribution in [1.29, 1.82) is 0 Å². The lowest BCUT2D eigenvalue weighted by Crippen LogP contribution is -2.37. The molecule has 1 aromatic rings. The minimum Gasteiger partial charge on any atom is -0.392 e. The maximum atomic E-state index is 12.9. The molecule has 0 bridgehead atoms. The number of hydrogen-bond donors (Lipinski definition) is 2. The van der Waals surface area contributed by atoms with Crippen LogP contribution >= 0.6 is 0 Å². The molecule has 0 aliphatic heterocycles. The van der Waals surface area contributed by atoms with Gasteiger partial charge in [0.15, 0.2) is 0 Å². The second kappa shape index (κ2) is 5.24. The predicted molar refractivity (Wildman–Crippen MR) is 59.1 cm³/mol. The highest BCUT2D eigenvalue weighted by atomic mass is 19.1. The van der Waals surface area contributed by atoms with Crippen molar-refractivity contribution in [1.82, 2.24) is 5.32 Å². The number of benzene rings is 1. The van der Waals surface area contributed by atoms with Gasteiger partial charge in [0.05, 0.1) is 6.10 Å². The lowest BCUT2D eigenvalue weighted by Gasteiger charge is -2.22. The van der Waals surface area contributed by atoms with Crippen molar-refractivity contribution < 1.29 is 9.50 Å². The van der Waals surface area contributed by atoms with Crippen LogP contribution in [-0.4, -0.2) is 17.3 Å². The van der Waals surface area contributed by atoms with Crippen LogP contribution in [0.1, 0.15) is 32.4 Å². The molecule has 0 radical (unpaired) electrons. The summed E-state index contributed by atoms with van der Waals surface area (Å²) in [5, 5.41) is 12.5. The summed E-state index contributed by atoms with van der Waals surface area (Å²) >= 11 is 0. The van der Waals surface area contributed by atoms with E-state index in [4.69, 9.17) is 0 Å². The molecule has 0 heterocycles.